The molecule has 324 valence electrons. The second-order valence-corrected chi connectivity index (χ2v) is 16.2. The summed E-state index contributed by atoms with van der Waals surface area (Å²) in [6, 6.07) is -0.994. The van der Waals surface area contributed by atoms with Crippen molar-refractivity contribution in [2.75, 3.05) is 13.2 Å². The zero-order valence-electron chi connectivity index (χ0n) is 35.3. The van der Waals surface area contributed by atoms with E-state index in [2.05, 4.69) is 32.2 Å². The zero-order chi connectivity index (χ0) is 40.5. The first kappa shape index (κ1) is 51.6. The number of amides is 1. The maximum absolute atomic E-state index is 13.0. The minimum atomic E-state index is -1.61. The van der Waals surface area contributed by atoms with Gasteiger partial charge in [-0.25, -0.2) is 0 Å². The fraction of sp³-hybridized carbons (Fsp3) is 0.889. The Labute approximate surface area is 335 Å². The van der Waals surface area contributed by atoms with Gasteiger partial charge >= 0.3 is 0 Å². The number of hydrogen-bond donors (Lipinski definition) is 7. The van der Waals surface area contributed by atoms with Crippen LogP contribution in [0, 0.1) is 0 Å². The molecule has 0 bridgehead atoms. The smallest absolute Gasteiger partial charge is 0.249 e. The fourth-order valence-corrected chi connectivity index (χ4v) is 7.18. The Morgan fingerprint density at radius 2 is 1.18 bits per heavy atom. The van der Waals surface area contributed by atoms with Crippen LogP contribution in [0.25, 0.3) is 0 Å². The third kappa shape index (κ3) is 25.6. The molecule has 1 saturated heterocycles. The third-order valence-electron chi connectivity index (χ3n) is 11.0. The third-order valence-corrected chi connectivity index (χ3v) is 11.0. The molecule has 0 saturated carbocycles. The lowest BCUT2D eigenvalue weighted by atomic mass is 9.99. The minimum absolute atomic E-state index is 0.307. The van der Waals surface area contributed by atoms with Gasteiger partial charge in [0.25, 0.3) is 0 Å². The van der Waals surface area contributed by atoms with Gasteiger partial charge < -0.3 is 45.4 Å². The van der Waals surface area contributed by atoms with Gasteiger partial charge in [-0.15, -0.1) is 0 Å². The second-order valence-electron chi connectivity index (χ2n) is 16.2. The molecule has 1 aliphatic rings. The van der Waals surface area contributed by atoms with Crippen LogP contribution in [0.2, 0.25) is 0 Å². The van der Waals surface area contributed by atoms with Crippen LogP contribution in [0.5, 0.6) is 0 Å². The van der Waals surface area contributed by atoms with E-state index in [0.29, 0.717) is 19.3 Å². The van der Waals surface area contributed by atoms with Crippen molar-refractivity contribution in [3.8, 4) is 0 Å². The Hall–Kier alpha value is -1.37. The molecule has 7 N–H and O–H groups in total. The van der Waals surface area contributed by atoms with Gasteiger partial charge in [0.15, 0.2) is 6.29 Å². The molecule has 55 heavy (non-hydrogen) atoms. The summed E-state index contributed by atoms with van der Waals surface area (Å²) < 4.78 is 11.1. The standard InChI is InChI=1S/C45H85NO9/c1-4-6-8-10-12-13-14-15-16-17-18-19-20-22-24-28-33-39(49)44(53)46-37(35-54-45-43(52)42(51)41(50)40(34-47)55-45)38(48)32-29-25-27-31-36(3)30-26-23-21-11-9-7-5-2/h29,31-32,37-43,45,47-52H,4-28,30,33-35H2,1-3H3,(H,46,53). The van der Waals surface area contributed by atoms with Crippen LogP contribution in [0.3, 0.4) is 0 Å². The van der Waals surface area contributed by atoms with Crippen LogP contribution in [0.15, 0.2) is 23.8 Å². The molecule has 0 spiro atoms. The van der Waals surface area contributed by atoms with Crippen molar-refractivity contribution in [2.24, 2.45) is 0 Å². The topological polar surface area (TPSA) is 169 Å². The number of carbonyl (C=O) groups excluding carboxylic acids is 1. The predicted molar refractivity (Wildman–Crippen MR) is 223 cm³/mol. The van der Waals surface area contributed by atoms with Gasteiger partial charge in [-0.05, 0) is 39.0 Å². The Morgan fingerprint density at radius 1 is 0.691 bits per heavy atom. The molecule has 8 unspecified atom stereocenters. The maximum Gasteiger partial charge on any atom is 0.249 e. The lowest BCUT2D eigenvalue weighted by Gasteiger charge is -2.40. The fourth-order valence-electron chi connectivity index (χ4n) is 7.18. The largest absolute Gasteiger partial charge is 0.394 e. The first-order valence-corrected chi connectivity index (χ1v) is 22.6. The Balaban J connectivity index is 2.50. The van der Waals surface area contributed by atoms with E-state index in [0.717, 1.165) is 32.1 Å². The number of aliphatic hydroxyl groups is 6. The summed E-state index contributed by atoms with van der Waals surface area (Å²) in [4.78, 5) is 13.0. The molecule has 10 nitrogen and oxygen atoms in total. The summed E-state index contributed by atoms with van der Waals surface area (Å²) >= 11 is 0. The van der Waals surface area contributed by atoms with Crippen molar-refractivity contribution in [3.63, 3.8) is 0 Å². The number of allylic oxidation sites excluding steroid dienone is 3. The number of unbranched alkanes of at least 4 members (excludes halogenated alkanes) is 22. The molecule has 10 heteroatoms. The quantitative estimate of drug-likeness (QED) is 0.0245. The van der Waals surface area contributed by atoms with Crippen molar-refractivity contribution in [3.05, 3.63) is 23.8 Å². The highest BCUT2D eigenvalue weighted by Gasteiger charge is 2.44. The van der Waals surface area contributed by atoms with Crippen molar-refractivity contribution < 1.29 is 44.9 Å². The van der Waals surface area contributed by atoms with E-state index in [1.807, 2.05) is 6.08 Å². The first-order chi connectivity index (χ1) is 26.7. The number of ether oxygens (including phenoxy) is 2. The maximum atomic E-state index is 13.0. The molecular weight excluding hydrogens is 698 g/mol. The van der Waals surface area contributed by atoms with Crippen molar-refractivity contribution in [1.82, 2.24) is 5.32 Å². The molecule has 1 heterocycles. The highest BCUT2D eigenvalue weighted by Crippen LogP contribution is 2.23. The predicted octanol–water partition coefficient (Wildman–Crippen LogP) is 8.08. The average molecular weight is 784 g/mol. The van der Waals surface area contributed by atoms with E-state index in [9.17, 15) is 35.4 Å². The Bertz CT molecular complexity index is 961. The molecule has 0 aromatic rings. The molecule has 8 atom stereocenters. The van der Waals surface area contributed by atoms with Crippen LogP contribution in [0.1, 0.15) is 194 Å². The van der Waals surface area contributed by atoms with E-state index in [1.54, 1.807) is 6.08 Å². The van der Waals surface area contributed by atoms with Crippen LogP contribution in [0.4, 0.5) is 0 Å². The van der Waals surface area contributed by atoms with Crippen LogP contribution >= 0.6 is 0 Å². The zero-order valence-corrected chi connectivity index (χ0v) is 35.3. The molecule has 1 fully saturated rings. The van der Waals surface area contributed by atoms with Crippen LogP contribution in [-0.4, -0.2) is 98.7 Å². The van der Waals surface area contributed by atoms with Crippen LogP contribution < -0.4 is 5.32 Å². The summed E-state index contributed by atoms with van der Waals surface area (Å²) in [5.41, 5.74) is 1.36. The summed E-state index contributed by atoms with van der Waals surface area (Å²) in [7, 11) is 0. The first-order valence-electron chi connectivity index (χ1n) is 22.6. The summed E-state index contributed by atoms with van der Waals surface area (Å²) in [5, 5.41) is 64.7. The molecular formula is C45H85NO9. The highest BCUT2D eigenvalue weighted by atomic mass is 16.7. The molecule has 1 rings (SSSR count). The Morgan fingerprint density at radius 3 is 1.69 bits per heavy atom. The molecule has 0 radical (unpaired) electrons. The Kier molecular flexibility index (Phi) is 32.5. The molecule has 1 amide bonds. The lowest BCUT2D eigenvalue weighted by Crippen LogP contribution is -2.60. The summed E-state index contributed by atoms with van der Waals surface area (Å²) in [6.45, 7) is 5.73. The van der Waals surface area contributed by atoms with Gasteiger partial charge in [0.2, 0.25) is 5.91 Å². The average Bonchev–Trinajstić information content (AvgIpc) is 3.18. The molecule has 0 aliphatic carbocycles. The number of aliphatic hydroxyl groups excluding tert-OH is 6. The lowest BCUT2D eigenvalue weighted by molar-refractivity contribution is -0.302. The van der Waals surface area contributed by atoms with E-state index in [4.69, 9.17) is 9.47 Å². The summed E-state index contributed by atoms with van der Waals surface area (Å²) in [6.07, 6.45) is 27.7. The molecule has 1 aliphatic heterocycles. The highest BCUT2D eigenvalue weighted by molar-refractivity contribution is 5.80. The van der Waals surface area contributed by atoms with E-state index in [-0.39, 0.29) is 6.61 Å². The SMILES string of the molecule is CCCCCCCCCCCCCCCCCCC(O)C(=O)NC(COC1OC(CO)C(O)C(O)C1O)C(O)C=CCCC=C(C)CCCCCCCCC. The van der Waals surface area contributed by atoms with Gasteiger partial charge in [0.1, 0.15) is 30.5 Å². The monoisotopic (exact) mass is 784 g/mol. The number of rotatable bonds is 36. The van der Waals surface area contributed by atoms with E-state index in [1.165, 1.54) is 128 Å². The molecule has 0 aromatic carbocycles. The summed E-state index contributed by atoms with van der Waals surface area (Å²) in [5.74, 6) is -0.625. The van der Waals surface area contributed by atoms with E-state index >= 15 is 0 Å². The number of nitrogens with one attached hydrogen (secondary N) is 1. The van der Waals surface area contributed by atoms with Gasteiger partial charge in [0, 0.05) is 0 Å². The van der Waals surface area contributed by atoms with Gasteiger partial charge in [-0.1, -0.05) is 179 Å². The van der Waals surface area contributed by atoms with Crippen molar-refractivity contribution in [1.29, 1.82) is 0 Å². The second kappa shape index (κ2) is 34.7. The molecule has 0 aromatic heterocycles. The number of carbonyl (C=O) groups is 1. The van der Waals surface area contributed by atoms with Crippen LogP contribution in [-0.2, 0) is 14.3 Å². The van der Waals surface area contributed by atoms with Gasteiger partial charge in [0.05, 0.1) is 25.4 Å². The van der Waals surface area contributed by atoms with Crippen molar-refractivity contribution >= 4 is 5.91 Å². The van der Waals surface area contributed by atoms with Crippen molar-refractivity contribution in [2.45, 2.75) is 243 Å². The van der Waals surface area contributed by atoms with Gasteiger partial charge in [-0.2, -0.15) is 0 Å². The van der Waals surface area contributed by atoms with Gasteiger partial charge in [-0.3, -0.25) is 4.79 Å². The van der Waals surface area contributed by atoms with E-state index < -0.39 is 61.5 Å². The minimum Gasteiger partial charge on any atom is -0.394 e. The normalized spacial score (nSPS) is 22.3. The number of hydrogen-bond acceptors (Lipinski definition) is 9.